The highest BCUT2D eigenvalue weighted by Crippen LogP contribution is 2.30. The second kappa shape index (κ2) is 9.69. The van der Waals surface area contributed by atoms with Crippen LogP contribution in [0, 0.1) is 0 Å². The minimum atomic E-state index is -0.447. The van der Waals surface area contributed by atoms with Gasteiger partial charge in [0.05, 0.1) is 10.4 Å². The van der Waals surface area contributed by atoms with Crippen LogP contribution in [-0.2, 0) is 0 Å². The fourth-order valence-corrected chi connectivity index (χ4v) is 3.93. The van der Waals surface area contributed by atoms with E-state index < -0.39 is 5.97 Å². The number of halogens is 1. The highest BCUT2D eigenvalue weighted by molar-refractivity contribution is 7.12. The van der Waals surface area contributed by atoms with Crippen LogP contribution in [0.4, 0.5) is 5.69 Å². The normalized spacial score (nSPS) is 10.1. The van der Waals surface area contributed by atoms with Crippen molar-refractivity contribution in [2.75, 3.05) is 18.0 Å². The number of carbonyl (C=O) groups excluding carboxylic acids is 2. The van der Waals surface area contributed by atoms with Gasteiger partial charge in [0.1, 0.15) is 10.6 Å². The Kier molecular flexibility index (Phi) is 7.59. The van der Waals surface area contributed by atoms with Crippen LogP contribution in [0.15, 0.2) is 53.2 Å². The summed E-state index contributed by atoms with van der Waals surface area (Å²) in [4.78, 5) is 28.5. The average Bonchev–Trinajstić information content (AvgIpc) is 3.36. The van der Waals surface area contributed by atoms with E-state index >= 15 is 0 Å². The first-order valence-corrected chi connectivity index (χ1v) is 10.1. The smallest absolute Gasteiger partial charge is 0.353 e. The van der Waals surface area contributed by atoms with E-state index in [2.05, 4.69) is 18.7 Å². The van der Waals surface area contributed by atoms with Gasteiger partial charge in [0.15, 0.2) is 0 Å². The van der Waals surface area contributed by atoms with Gasteiger partial charge in [-0.05, 0) is 48.9 Å². The van der Waals surface area contributed by atoms with Crippen molar-refractivity contribution in [1.82, 2.24) is 0 Å². The number of rotatable bonds is 7. The number of nitrogens with zero attached hydrogens (tertiary/aromatic N) is 1. The summed E-state index contributed by atoms with van der Waals surface area (Å²) < 4.78 is 5.62. The maximum atomic E-state index is 12.8. The van der Waals surface area contributed by atoms with Crippen molar-refractivity contribution in [3.8, 4) is 5.75 Å². The van der Waals surface area contributed by atoms with Crippen LogP contribution >= 0.6 is 35.1 Å². The van der Waals surface area contributed by atoms with E-state index in [9.17, 15) is 9.59 Å². The molecule has 1 aromatic carbocycles. The number of thiophene rings is 2. The molecule has 0 saturated heterocycles. The lowest BCUT2D eigenvalue weighted by Crippen LogP contribution is -2.22. The Morgan fingerprint density at radius 3 is 2.15 bits per heavy atom. The molecule has 0 aliphatic rings. The molecule has 0 unspecified atom stereocenters. The monoisotopic (exact) mass is 421 g/mol. The first-order chi connectivity index (χ1) is 12.6. The maximum Gasteiger partial charge on any atom is 0.353 e. The summed E-state index contributed by atoms with van der Waals surface area (Å²) in [6, 6.07) is 12.5. The molecule has 0 N–H and O–H groups in total. The summed E-state index contributed by atoms with van der Waals surface area (Å²) >= 11 is 2.69. The zero-order valence-electron chi connectivity index (χ0n) is 15.0. The van der Waals surface area contributed by atoms with E-state index in [4.69, 9.17) is 4.74 Å². The summed E-state index contributed by atoms with van der Waals surface area (Å²) in [5.41, 5.74) is 1.32. The van der Waals surface area contributed by atoms with Gasteiger partial charge in [-0.3, -0.25) is 4.79 Å². The second-order valence-corrected chi connectivity index (χ2v) is 7.42. The van der Waals surface area contributed by atoms with Crippen LogP contribution in [0.2, 0.25) is 0 Å². The maximum absolute atomic E-state index is 12.8. The van der Waals surface area contributed by atoms with Crippen LogP contribution in [0.5, 0.6) is 5.75 Å². The molecule has 7 heteroatoms. The lowest BCUT2D eigenvalue weighted by Gasteiger charge is -2.22. The Labute approximate surface area is 172 Å². The number of anilines is 1. The summed E-state index contributed by atoms with van der Waals surface area (Å²) in [5, 5.41) is 3.68. The number of hydrogen-bond donors (Lipinski definition) is 0. The van der Waals surface area contributed by atoms with Crippen molar-refractivity contribution < 1.29 is 14.3 Å². The van der Waals surface area contributed by atoms with E-state index in [1.807, 2.05) is 22.9 Å². The zero-order chi connectivity index (χ0) is 18.5. The van der Waals surface area contributed by atoms with Gasteiger partial charge in [-0.15, -0.1) is 35.1 Å². The molecule has 0 radical (unpaired) electrons. The average molecular weight is 422 g/mol. The van der Waals surface area contributed by atoms with E-state index in [-0.39, 0.29) is 18.2 Å². The molecule has 0 aliphatic carbocycles. The van der Waals surface area contributed by atoms with Gasteiger partial charge >= 0.3 is 5.97 Å². The van der Waals surface area contributed by atoms with Gasteiger partial charge in [0, 0.05) is 24.8 Å². The molecule has 0 atom stereocenters. The van der Waals surface area contributed by atoms with E-state index in [0.29, 0.717) is 21.1 Å². The quantitative estimate of drug-likeness (QED) is 0.286. The molecule has 3 rings (SSSR count). The molecule has 0 amide bonds. The van der Waals surface area contributed by atoms with E-state index in [1.54, 1.807) is 30.3 Å². The molecule has 27 heavy (non-hydrogen) atoms. The highest BCUT2D eigenvalue weighted by Gasteiger charge is 2.20. The number of esters is 1. The van der Waals surface area contributed by atoms with Crippen molar-refractivity contribution in [2.24, 2.45) is 0 Å². The van der Waals surface area contributed by atoms with Crippen LogP contribution in [-0.4, -0.2) is 24.8 Å². The van der Waals surface area contributed by atoms with Crippen molar-refractivity contribution in [3.63, 3.8) is 0 Å². The van der Waals surface area contributed by atoms with Crippen LogP contribution in [0.1, 0.15) is 38.8 Å². The molecule has 4 nitrogen and oxygen atoms in total. The third-order valence-electron chi connectivity index (χ3n) is 4.01. The van der Waals surface area contributed by atoms with E-state index in [1.165, 1.54) is 22.7 Å². The summed E-state index contributed by atoms with van der Waals surface area (Å²) in [6.45, 7) is 5.77. The van der Waals surface area contributed by atoms with Crippen molar-refractivity contribution >= 4 is 52.5 Å². The van der Waals surface area contributed by atoms with Gasteiger partial charge in [0.25, 0.3) is 0 Å². The molecule has 2 heterocycles. The number of benzene rings is 1. The molecule has 142 valence electrons. The zero-order valence-corrected chi connectivity index (χ0v) is 17.5. The molecule has 0 spiro atoms. The van der Waals surface area contributed by atoms with E-state index in [0.717, 1.165) is 18.8 Å². The summed E-state index contributed by atoms with van der Waals surface area (Å²) in [5.74, 6) is -0.289. The predicted octanol–water partition coefficient (Wildman–Crippen LogP) is 5.53. The van der Waals surface area contributed by atoms with Gasteiger partial charge in [-0.2, -0.15) is 0 Å². The molecular weight excluding hydrogens is 402 g/mol. The lowest BCUT2D eigenvalue weighted by molar-refractivity contribution is 0.0738. The summed E-state index contributed by atoms with van der Waals surface area (Å²) in [6.07, 6.45) is 0. The topological polar surface area (TPSA) is 46.6 Å². The Bertz CT molecular complexity index is 888. The second-order valence-electron chi connectivity index (χ2n) is 5.53. The molecule has 0 aliphatic heterocycles. The molecule has 3 aromatic rings. The molecular formula is C20H20ClNO3S2. The van der Waals surface area contributed by atoms with Crippen LogP contribution < -0.4 is 9.64 Å². The Morgan fingerprint density at radius 2 is 1.59 bits per heavy atom. The number of hydrogen-bond acceptors (Lipinski definition) is 6. The number of ketones is 1. The SMILES string of the molecule is CCN(CC)c1ccc(C(=O)c2cccs2)c(OC(=O)c2cccs2)c1.Cl. The Balaban J connectivity index is 0.00000261. The Hall–Kier alpha value is -2.15. The standard InChI is InChI=1S/C20H19NO3S2.ClH/c1-3-21(4-2)14-9-10-15(19(22)17-7-5-11-25-17)16(13-14)24-20(23)18-8-6-12-26-18;/h5-13H,3-4H2,1-2H3;1H. The third kappa shape index (κ3) is 4.77. The van der Waals surface area contributed by atoms with Crippen molar-refractivity contribution in [1.29, 1.82) is 0 Å². The minimum Gasteiger partial charge on any atom is -0.421 e. The van der Waals surface area contributed by atoms with Crippen LogP contribution in [0.25, 0.3) is 0 Å². The fourth-order valence-electron chi connectivity index (χ4n) is 2.65. The minimum absolute atomic E-state index is 0. The summed E-state index contributed by atoms with van der Waals surface area (Å²) in [7, 11) is 0. The molecule has 0 fully saturated rings. The first kappa shape index (κ1) is 21.2. The van der Waals surface area contributed by atoms with Crippen molar-refractivity contribution in [3.05, 3.63) is 68.5 Å². The lowest BCUT2D eigenvalue weighted by atomic mass is 10.1. The number of ether oxygens (including phenoxy) is 1. The largest absolute Gasteiger partial charge is 0.421 e. The highest BCUT2D eigenvalue weighted by atomic mass is 35.5. The fraction of sp³-hybridized carbons (Fsp3) is 0.200. The number of carbonyl (C=O) groups is 2. The van der Waals surface area contributed by atoms with Gasteiger partial charge < -0.3 is 9.64 Å². The van der Waals surface area contributed by atoms with Gasteiger partial charge in [-0.1, -0.05) is 12.1 Å². The third-order valence-corrected chi connectivity index (χ3v) is 5.73. The molecule has 0 saturated carbocycles. The predicted molar refractivity (Wildman–Crippen MR) is 114 cm³/mol. The molecule has 0 bridgehead atoms. The first-order valence-electron chi connectivity index (χ1n) is 8.37. The van der Waals surface area contributed by atoms with Crippen LogP contribution in [0.3, 0.4) is 0 Å². The Morgan fingerprint density at radius 1 is 0.963 bits per heavy atom. The van der Waals surface area contributed by atoms with Gasteiger partial charge in [0.2, 0.25) is 5.78 Å². The molecule has 2 aromatic heterocycles. The van der Waals surface area contributed by atoms with Gasteiger partial charge in [-0.25, -0.2) is 4.79 Å². The van der Waals surface area contributed by atoms with Crippen molar-refractivity contribution in [2.45, 2.75) is 13.8 Å².